The Bertz CT molecular complexity index is 331. The maximum Gasteiger partial charge on any atom is 0.0933 e. The summed E-state index contributed by atoms with van der Waals surface area (Å²) >= 11 is 0. The van der Waals surface area contributed by atoms with Gasteiger partial charge in [0.1, 0.15) is 0 Å². The predicted molar refractivity (Wildman–Crippen MR) is 70.0 cm³/mol. The predicted octanol–water partition coefficient (Wildman–Crippen LogP) is 3.56. The van der Waals surface area contributed by atoms with E-state index in [4.69, 9.17) is 9.47 Å². The lowest BCUT2D eigenvalue weighted by atomic mass is 9.72. The van der Waals surface area contributed by atoms with Crippen LogP contribution in [0.3, 0.4) is 0 Å². The van der Waals surface area contributed by atoms with Gasteiger partial charge in [0.2, 0.25) is 0 Å². The van der Waals surface area contributed by atoms with Gasteiger partial charge < -0.3 is 9.47 Å². The van der Waals surface area contributed by atoms with Crippen molar-refractivity contribution >= 4 is 0 Å². The third kappa shape index (κ3) is 2.17. The van der Waals surface area contributed by atoms with Gasteiger partial charge in [-0.1, -0.05) is 32.4 Å². The van der Waals surface area contributed by atoms with Crippen LogP contribution in [0.1, 0.15) is 48.5 Å². The molecule has 0 N–H and O–H groups in total. The largest absolute Gasteiger partial charge is 0.369 e. The van der Waals surface area contributed by atoms with Crippen molar-refractivity contribution in [2.75, 3.05) is 0 Å². The standard InChI is InChI=1S/C15H26O2/c1-9(2)8-10-11-12(17-15(11,6)7)13(16-10)14(3,4)5/h8,10-13H,1-7H3/t10-,11?,12?,13-/m1/s1. The van der Waals surface area contributed by atoms with Gasteiger partial charge in [-0.05, 0) is 33.1 Å². The van der Waals surface area contributed by atoms with Gasteiger partial charge in [0.15, 0.2) is 0 Å². The molecule has 17 heavy (non-hydrogen) atoms. The van der Waals surface area contributed by atoms with E-state index < -0.39 is 0 Å². The fourth-order valence-electron chi connectivity index (χ4n) is 3.16. The molecule has 2 aliphatic rings. The lowest BCUT2D eigenvalue weighted by Gasteiger charge is -2.50. The van der Waals surface area contributed by atoms with Gasteiger partial charge in [-0.15, -0.1) is 0 Å². The van der Waals surface area contributed by atoms with E-state index in [2.05, 4.69) is 54.5 Å². The fraction of sp³-hybridized carbons (Fsp3) is 0.867. The second-order valence-corrected chi connectivity index (χ2v) is 7.34. The molecule has 2 fully saturated rings. The molecule has 0 spiro atoms. The molecule has 0 amide bonds. The van der Waals surface area contributed by atoms with Crippen molar-refractivity contribution in [3.05, 3.63) is 11.6 Å². The Balaban J connectivity index is 2.23. The summed E-state index contributed by atoms with van der Waals surface area (Å²) in [5.41, 5.74) is 1.43. The van der Waals surface area contributed by atoms with Gasteiger partial charge in [-0.2, -0.15) is 0 Å². The fourth-order valence-corrected chi connectivity index (χ4v) is 3.16. The zero-order valence-electron chi connectivity index (χ0n) is 12.2. The van der Waals surface area contributed by atoms with Crippen LogP contribution in [-0.4, -0.2) is 23.9 Å². The summed E-state index contributed by atoms with van der Waals surface area (Å²) in [6.45, 7) is 15.3. The molecule has 0 saturated carbocycles. The van der Waals surface area contributed by atoms with Gasteiger partial charge in [0, 0.05) is 5.92 Å². The number of hydrogen-bond donors (Lipinski definition) is 0. The highest BCUT2D eigenvalue weighted by Gasteiger charge is 2.62. The summed E-state index contributed by atoms with van der Waals surface area (Å²) in [5.74, 6) is 0.502. The van der Waals surface area contributed by atoms with Gasteiger partial charge >= 0.3 is 0 Å². The van der Waals surface area contributed by atoms with Crippen molar-refractivity contribution in [2.24, 2.45) is 11.3 Å². The second-order valence-electron chi connectivity index (χ2n) is 7.34. The molecule has 2 aliphatic heterocycles. The smallest absolute Gasteiger partial charge is 0.0933 e. The van der Waals surface area contributed by atoms with Gasteiger partial charge in [-0.3, -0.25) is 0 Å². The first-order valence-electron chi connectivity index (χ1n) is 6.61. The van der Waals surface area contributed by atoms with Gasteiger partial charge in [0.05, 0.1) is 23.9 Å². The zero-order valence-corrected chi connectivity index (χ0v) is 12.2. The van der Waals surface area contributed by atoms with E-state index >= 15 is 0 Å². The van der Waals surface area contributed by atoms with E-state index in [1.165, 1.54) is 5.57 Å². The lowest BCUT2D eigenvalue weighted by molar-refractivity contribution is -0.239. The van der Waals surface area contributed by atoms with Crippen LogP contribution in [0.5, 0.6) is 0 Å². The van der Waals surface area contributed by atoms with Crippen molar-refractivity contribution in [3.8, 4) is 0 Å². The van der Waals surface area contributed by atoms with Crippen LogP contribution in [0.15, 0.2) is 11.6 Å². The van der Waals surface area contributed by atoms with Crippen LogP contribution in [0.2, 0.25) is 0 Å². The molecule has 0 bridgehead atoms. The maximum absolute atomic E-state index is 6.26. The van der Waals surface area contributed by atoms with E-state index in [0.29, 0.717) is 5.92 Å². The van der Waals surface area contributed by atoms with Crippen molar-refractivity contribution in [2.45, 2.75) is 72.4 Å². The number of rotatable bonds is 1. The van der Waals surface area contributed by atoms with Crippen LogP contribution >= 0.6 is 0 Å². The topological polar surface area (TPSA) is 18.5 Å². The van der Waals surface area contributed by atoms with Crippen LogP contribution in [0, 0.1) is 11.3 Å². The third-order valence-corrected chi connectivity index (χ3v) is 3.90. The average Bonchev–Trinajstić information content (AvgIpc) is 2.36. The molecule has 0 radical (unpaired) electrons. The first kappa shape index (κ1) is 13.1. The van der Waals surface area contributed by atoms with E-state index in [9.17, 15) is 0 Å². The third-order valence-electron chi connectivity index (χ3n) is 3.90. The summed E-state index contributed by atoms with van der Waals surface area (Å²) in [7, 11) is 0. The van der Waals surface area contributed by atoms with Gasteiger partial charge in [-0.25, -0.2) is 0 Å². The number of hydrogen-bond acceptors (Lipinski definition) is 2. The van der Waals surface area contributed by atoms with Crippen molar-refractivity contribution < 1.29 is 9.47 Å². The molecule has 0 aliphatic carbocycles. The summed E-state index contributed by atoms with van der Waals surface area (Å²) in [6, 6.07) is 0. The van der Waals surface area contributed by atoms with Crippen molar-refractivity contribution in [1.82, 2.24) is 0 Å². The molecule has 2 unspecified atom stereocenters. The molecule has 2 heterocycles. The Kier molecular flexibility index (Phi) is 2.95. The molecule has 0 aromatic carbocycles. The van der Waals surface area contributed by atoms with Crippen LogP contribution in [0.25, 0.3) is 0 Å². The molecular formula is C15H26O2. The first-order chi connectivity index (χ1) is 7.63. The summed E-state index contributed by atoms with van der Waals surface area (Å²) in [4.78, 5) is 0. The Morgan fingerprint density at radius 2 is 1.76 bits per heavy atom. The highest BCUT2D eigenvalue weighted by atomic mass is 16.6. The molecular weight excluding hydrogens is 212 g/mol. The molecule has 2 nitrogen and oxygen atoms in total. The van der Waals surface area contributed by atoms with E-state index in [-0.39, 0.29) is 29.3 Å². The number of fused-ring (bicyclic) bond motifs is 1. The highest BCUT2D eigenvalue weighted by Crippen LogP contribution is 2.53. The molecule has 0 aromatic rings. The summed E-state index contributed by atoms with van der Waals surface area (Å²) in [5, 5.41) is 0. The zero-order chi connectivity index (χ0) is 13.0. The highest BCUT2D eigenvalue weighted by molar-refractivity contribution is 5.16. The molecule has 2 heteroatoms. The Hall–Kier alpha value is -0.340. The van der Waals surface area contributed by atoms with E-state index in [1.54, 1.807) is 0 Å². The number of allylic oxidation sites excluding steroid dienone is 1. The Labute approximate surface area is 105 Å². The summed E-state index contributed by atoms with van der Waals surface area (Å²) in [6.07, 6.45) is 2.96. The van der Waals surface area contributed by atoms with Crippen LogP contribution in [-0.2, 0) is 9.47 Å². The van der Waals surface area contributed by atoms with Crippen LogP contribution < -0.4 is 0 Å². The van der Waals surface area contributed by atoms with Crippen molar-refractivity contribution in [1.29, 1.82) is 0 Å². The van der Waals surface area contributed by atoms with E-state index in [1.807, 2.05) is 0 Å². The first-order valence-corrected chi connectivity index (χ1v) is 6.61. The maximum atomic E-state index is 6.26. The summed E-state index contributed by atoms with van der Waals surface area (Å²) < 4.78 is 12.3. The minimum absolute atomic E-state index is 0.0404. The second kappa shape index (κ2) is 3.83. The minimum Gasteiger partial charge on any atom is -0.369 e. The monoisotopic (exact) mass is 238 g/mol. The Morgan fingerprint density at radius 1 is 1.18 bits per heavy atom. The molecule has 4 atom stereocenters. The molecule has 2 rings (SSSR count). The van der Waals surface area contributed by atoms with Gasteiger partial charge in [0.25, 0.3) is 0 Å². The molecule has 98 valence electrons. The minimum atomic E-state index is -0.0404. The molecule has 0 aromatic heterocycles. The van der Waals surface area contributed by atoms with Crippen molar-refractivity contribution in [3.63, 3.8) is 0 Å². The lowest BCUT2D eigenvalue weighted by Crippen LogP contribution is -2.60. The molecule has 2 saturated heterocycles. The Morgan fingerprint density at radius 3 is 2.18 bits per heavy atom. The SMILES string of the molecule is CC(C)=C[C@H]1O[C@@H](C(C)(C)C)C2OC(C)(C)C21. The van der Waals surface area contributed by atoms with E-state index in [0.717, 1.165) is 0 Å². The number of ether oxygens (including phenoxy) is 2. The van der Waals surface area contributed by atoms with Crippen LogP contribution in [0.4, 0.5) is 0 Å². The quantitative estimate of drug-likeness (QED) is 0.650. The average molecular weight is 238 g/mol. The normalized spacial score (nSPS) is 39.5.